The van der Waals surface area contributed by atoms with E-state index in [1.165, 1.54) is 25.7 Å². The molecule has 1 spiro atoms. The Kier molecular flexibility index (Phi) is 3.89. The maximum atomic E-state index is 10.3. The van der Waals surface area contributed by atoms with Crippen molar-refractivity contribution in [2.45, 2.75) is 70.6 Å². The molecule has 4 unspecified atom stereocenters. The van der Waals surface area contributed by atoms with Crippen molar-refractivity contribution in [3.05, 3.63) is 0 Å². The van der Waals surface area contributed by atoms with Crippen molar-refractivity contribution in [3.63, 3.8) is 0 Å². The Morgan fingerprint density at radius 2 is 2.05 bits per heavy atom. The Hall–Kier alpha value is -0.120. The Bertz CT molecular complexity index is 312. The van der Waals surface area contributed by atoms with Gasteiger partial charge in [-0.2, -0.15) is 0 Å². The summed E-state index contributed by atoms with van der Waals surface area (Å²) in [5, 5.41) is 14.0. The summed E-state index contributed by atoms with van der Waals surface area (Å²) in [6.07, 6.45) is 7.72. The van der Waals surface area contributed by atoms with E-state index in [0.29, 0.717) is 29.4 Å². The van der Waals surface area contributed by atoms with Crippen LogP contribution in [0.1, 0.15) is 52.4 Å². The molecule has 3 heteroatoms. The standard InChI is InChI=1S/C16H29NO2/c1-3-11(4-2)13(18)10-17-14-12-6-9-19-15(12)16(14)7-5-8-16/h11-15,17-18H,3-10H2,1-2H3. The van der Waals surface area contributed by atoms with Crippen molar-refractivity contribution in [3.8, 4) is 0 Å². The molecule has 110 valence electrons. The van der Waals surface area contributed by atoms with Crippen LogP contribution in [0.4, 0.5) is 0 Å². The first kappa shape index (κ1) is 13.8. The highest BCUT2D eigenvalue weighted by molar-refractivity contribution is 5.18. The van der Waals surface area contributed by atoms with Crippen LogP contribution in [-0.4, -0.2) is 36.5 Å². The SMILES string of the molecule is CCC(CC)C(O)CNC1C2CCOC2C12CCC2. The highest BCUT2D eigenvalue weighted by atomic mass is 16.5. The molecule has 0 aromatic heterocycles. The van der Waals surface area contributed by atoms with Gasteiger partial charge in [0.15, 0.2) is 0 Å². The molecule has 19 heavy (non-hydrogen) atoms. The third kappa shape index (κ3) is 2.05. The molecule has 3 rings (SSSR count). The quantitative estimate of drug-likeness (QED) is 0.776. The molecule has 2 saturated carbocycles. The minimum atomic E-state index is -0.187. The average Bonchev–Trinajstić information content (AvgIpc) is 2.74. The summed E-state index contributed by atoms with van der Waals surface area (Å²) in [4.78, 5) is 0. The third-order valence-electron chi connectivity index (χ3n) is 6.18. The highest BCUT2D eigenvalue weighted by Gasteiger charge is 2.66. The van der Waals surface area contributed by atoms with Crippen LogP contribution < -0.4 is 5.32 Å². The van der Waals surface area contributed by atoms with Crippen molar-refractivity contribution in [2.75, 3.05) is 13.2 Å². The number of ether oxygens (including phenoxy) is 1. The van der Waals surface area contributed by atoms with Gasteiger partial charge in [0.1, 0.15) is 0 Å². The molecule has 3 nitrogen and oxygen atoms in total. The fourth-order valence-electron chi connectivity index (χ4n) is 4.81. The van der Waals surface area contributed by atoms with Crippen LogP contribution >= 0.6 is 0 Å². The second-order valence-corrected chi connectivity index (χ2v) is 6.86. The van der Waals surface area contributed by atoms with Crippen LogP contribution in [0.15, 0.2) is 0 Å². The molecule has 0 aromatic carbocycles. The normalized spacial score (nSPS) is 36.9. The van der Waals surface area contributed by atoms with E-state index in [2.05, 4.69) is 19.2 Å². The predicted octanol–water partition coefficient (Wildman–Crippen LogP) is 2.33. The number of hydrogen-bond donors (Lipinski definition) is 2. The van der Waals surface area contributed by atoms with E-state index >= 15 is 0 Å². The van der Waals surface area contributed by atoms with Gasteiger partial charge in [0.05, 0.1) is 12.2 Å². The summed E-state index contributed by atoms with van der Waals surface area (Å²) in [7, 11) is 0. The monoisotopic (exact) mass is 267 g/mol. The van der Waals surface area contributed by atoms with Crippen LogP contribution in [0.3, 0.4) is 0 Å². The minimum Gasteiger partial charge on any atom is -0.392 e. The third-order valence-corrected chi connectivity index (χ3v) is 6.18. The molecule has 3 fully saturated rings. The largest absolute Gasteiger partial charge is 0.392 e. The number of nitrogens with one attached hydrogen (secondary N) is 1. The molecular weight excluding hydrogens is 238 g/mol. The van der Waals surface area contributed by atoms with E-state index in [0.717, 1.165) is 26.0 Å². The molecular formula is C16H29NO2. The smallest absolute Gasteiger partial charge is 0.0692 e. The lowest BCUT2D eigenvalue weighted by Crippen LogP contribution is -2.71. The minimum absolute atomic E-state index is 0.187. The van der Waals surface area contributed by atoms with Gasteiger partial charge in [0.2, 0.25) is 0 Å². The second-order valence-electron chi connectivity index (χ2n) is 6.86. The van der Waals surface area contributed by atoms with Crippen LogP contribution in [0, 0.1) is 17.3 Å². The van der Waals surface area contributed by atoms with Gasteiger partial charge in [-0.15, -0.1) is 0 Å². The number of hydrogen-bond acceptors (Lipinski definition) is 3. The Balaban J connectivity index is 1.55. The van der Waals surface area contributed by atoms with E-state index in [1.54, 1.807) is 0 Å². The predicted molar refractivity (Wildman–Crippen MR) is 76.0 cm³/mol. The summed E-state index contributed by atoms with van der Waals surface area (Å²) in [6.45, 7) is 6.07. The zero-order chi connectivity index (χ0) is 13.5. The number of aliphatic hydroxyl groups excluding tert-OH is 1. The Morgan fingerprint density at radius 3 is 2.63 bits per heavy atom. The lowest BCUT2D eigenvalue weighted by Gasteiger charge is -2.63. The van der Waals surface area contributed by atoms with Gasteiger partial charge in [-0.25, -0.2) is 0 Å². The fourth-order valence-corrected chi connectivity index (χ4v) is 4.81. The van der Waals surface area contributed by atoms with Gasteiger partial charge in [0.25, 0.3) is 0 Å². The second kappa shape index (κ2) is 5.34. The molecule has 0 radical (unpaired) electrons. The summed E-state index contributed by atoms with van der Waals surface area (Å²) in [6, 6.07) is 0.609. The summed E-state index contributed by atoms with van der Waals surface area (Å²) in [5.41, 5.74) is 0.439. The molecule has 0 aromatic rings. The van der Waals surface area contributed by atoms with E-state index in [4.69, 9.17) is 4.74 Å². The van der Waals surface area contributed by atoms with Crippen molar-refractivity contribution >= 4 is 0 Å². The van der Waals surface area contributed by atoms with Gasteiger partial charge in [-0.05, 0) is 25.2 Å². The molecule has 1 aliphatic heterocycles. The van der Waals surface area contributed by atoms with Gasteiger partial charge < -0.3 is 15.2 Å². The zero-order valence-corrected chi connectivity index (χ0v) is 12.4. The maximum Gasteiger partial charge on any atom is 0.0692 e. The molecule has 3 aliphatic rings. The topological polar surface area (TPSA) is 41.5 Å². The van der Waals surface area contributed by atoms with Crippen molar-refractivity contribution in [1.82, 2.24) is 5.32 Å². The van der Waals surface area contributed by atoms with E-state index in [9.17, 15) is 5.11 Å². The van der Waals surface area contributed by atoms with E-state index in [1.807, 2.05) is 0 Å². The first-order chi connectivity index (χ1) is 9.23. The lowest BCUT2D eigenvalue weighted by molar-refractivity contribution is -0.177. The Labute approximate surface area is 117 Å². The maximum absolute atomic E-state index is 10.3. The molecule has 1 saturated heterocycles. The molecule has 1 heterocycles. The van der Waals surface area contributed by atoms with E-state index < -0.39 is 0 Å². The zero-order valence-electron chi connectivity index (χ0n) is 12.4. The summed E-state index contributed by atoms with van der Waals surface area (Å²) in [5.74, 6) is 1.16. The number of rotatable bonds is 6. The molecule has 4 atom stereocenters. The molecule has 2 N–H and O–H groups in total. The summed E-state index contributed by atoms with van der Waals surface area (Å²) >= 11 is 0. The average molecular weight is 267 g/mol. The number of aliphatic hydroxyl groups is 1. The summed E-state index contributed by atoms with van der Waals surface area (Å²) < 4.78 is 5.93. The fraction of sp³-hybridized carbons (Fsp3) is 1.00. The van der Waals surface area contributed by atoms with Gasteiger partial charge >= 0.3 is 0 Å². The van der Waals surface area contributed by atoms with Crippen molar-refractivity contribution in [2.24, 2.45) is 17.3 Å². The Morgan fingerprint density at radius 1 is 1.32 bits per heavy atom. The van der Waals surface area contributed by atoms with Gasteiger partial charge in [-0.1, -0.05) is 33.1 Å². The molecule has 2 aliphatic carbocycles. The van der Waals surface area contributed by atoms with Crippen LogP contribution in [0.5, 0.6) is 0 Å². The molecule has 0 bridgehead atoms. The van der Waals surface area contributed by atoms with Gasteiger partial charge in [0, 0.05) is 30.5 Å². The molecule has 0 amide bonds. The first-order valence-corrected chi connectivity index (χ1v) is 8.26. The van der Waals surface area contributed by atoms with Crippen LogP contribution in [-0.2, 0) is 4.74 Å². The van der Waals surface area contributed by atoms with Gasteiger partial charge in [-0.3, -0.25) is 0 Å². The lowest BCUT2D eigenvalue weighted by atomic mass is 9.46. The van der Waals surface area contributed by atoms with Crippen LogP contribution in [0.25, 0.3) is 0 Å². The highest BCUT2D eigenvalue weighted by Crippen LogP contribution is 2.62. The van der Waals surface area contributed by atoms with E-state index in [-0.39, 0.29) is 6.10 Å². The van der Waals surface area contributed by atoms with Crippen molar-refractivity contribution in [1.29, 1.82) is 0 Å². The first-order valence-electron chi connectivity index (χ1n) is 8.26. The number of fused-ring (bicyclic) bond motifs is 2. The van der Waals surface area contributed by atoms with Crippen molar-refractivity contribution < 1.29 is 9.84 Å². The van der Waals surface area contributed by atoms with Crippen LogP contribution in [0.2, 0.25) is 0 Å².